The Morgan fingerprint density at radius 1 is 1.06 bits per heavy atom. The smallest absolute Gasteiger partial charge is 0.216 e. The average molecular weight is 276 g/mol. The molecule has 0 aromatic heterocycles. The van der Waals surface area contributed by atoms with Gasteiger partial charge in [0.05, 0.1) is 4.75 Å². The summed E-state index contributed by atoms with van der Waals surface area (Å²) in [6.07, 6.45) is 7.42. The molecule has 2 N–H and O–H groups in total. The van der Waals surface area contributed by atoms with E-state index in [0.29, 0.717) is 12.6 Å². The Hall–Kier alpha value is -0.130. The molecule has 5 heteroatoms. The van der Waals surface area contributed by atoms with E-state index in [1.54, 1.807) is 20.8 Å². The van der Waals surface area contributed by atoms with Gasteiger partial charge in [-0.3, -0.25) is 0 Å². The summed E-state index contributed by atoms with van der Waals surface area (Å²) >= 11 is 0. The molecule has 0 aromatic carbocycles. The minimum Gasteiger partial charge on any atom is -0.314 e. The van der Waals surface area contributed by atoms with E-state index in [9.17, 15) is 8.42 Å². The molecular formula is C13H28N2O2S. The molecule has 0 amide bonds. The molecular weight excluding hydrogens is 248 g/mol. The van der Waals surface area contributed by atoms with E-state index < -0.39 is 14.8 Å². The molecule has 1 aliphatic rings. The Bertz CT molecular complexity index is 327. The largest absolute Gasteiger partial charge is 0.314 e. The van der Waals surface area contributed by atoms with E-state index in [-0.39, 0.29) is 0 Å². The van der Waals surface area contributed by atoms with Crippen LogP contribution in [0.25, 0.3) is 0 Å². The number of rotatable bonds is 6. The first-order chi connectivity index (χ1) is 8.33. The number of hydrogen-bond acceptors (Lipinski definition) is 3. The maximum absolute atomic E-state index is 11.8. The molecule has 0 unspecified atom stereocenters. The maximum atomic E-state index is 11.8. The minimum atomic E-state index is -3.18. The van der Waals surface area contributed by atoms with Crippen molar-refractivity contribution in [1.29, 1.82) is 0 Å². The van der Waals surface area contributed by atoms with E-state index in [4.69, 9.17) is 0 Å². The van der Waals surface area contributed by atoms with Crippen molar-refractivity contribution < 1.29 is 8.42 Å². The van der Waals surface area contributed by atoms with Gasteiger partial charge in [0, 0.05) is 12.6 Å². The summed E-state index contributed by atoms with van der Waals surface area (Å²) in [4.78, 5) is 0. The normalized spacial score (nSPS) is 19.1. The van der Waals surface area contributed by atoms with Crippen LogP contribution in [0.5, 0.6) is 0 Å². The van der Waals surface area contributed by atoms with Crippen LogP contribution in [0.3, 0.4) is 0 Å². The first-order valence-electron chi connectivity index (χ1n) is 7.05. The van der Waals surface area contributed by atoms with Crippen molar-refractivity contribution in [2.24, 2.45) is 0 Å². The molecule has 0 aromatic rings. The molecule has 1 rings (SSSR count). The van der Waals surface area contributed by atoms with Crippen molar-refractivity contribution in [3.05, 3.63) is 0 Å². The highest BCUT2D eigenvalue weighted by molar-refractivity contribution is 7.90. The molecule has 0 atom stereocenters. The lowest BCUT2D eigenvalue weighted by atomic mass is 9.95. The van der Waals surface area contributed by atoms with E-state index in [1.807, 2.05) is 0 Å². The molecule has 0 radical (unpaired) electrons. The SMILES string of the molecule is CC(C)(C)S(=O)(=O)NCCCNC1CCCCC1. The fraction of sp³-hybridized carbons (Fsp3) is 1.00. The van der Waals surface area contributed by atoms with Crippen LogP contribution in [-0.2, 0) is 10.0 Å². The van der Waals surface area contributed by atoms with Crippen LogP contribution in [0.1, 0.15) is 59.3 Å². The maximum Gasteiger partial charge on any atom is 0.216 e. The third-order valence-corrected chi connectivity index (χ3v) is 5.69. The van der Waals surface area contributed by atoms with Crippen LogP contribution in [0.15, 0.2) is 0 Å². The molecule has 4 nitrogen and oxygen atoms in total. The lowest BCUT2D eigenvalue weighted by Crippen LogP contribution is -2.40. The van der Waals surface area contributed by atoms with Gasteiger partial charge in [0.1, 0.15) is 0 Å². The van der Waals surface area contributed by atoms with Gasteiger partial charge in [-0.15, -0.1) is 0 Å². The Morgan fingerprint density at radius 3 is 2.22 bits per heavy atom. The van der Waals surface area contributed by atoms with Crippen molar-refractivity contribution in [2.45, 2.75) is 70.1 Å². The second-order valence-corrected chi connectivity index (χ2v) is 8.67. The zero-order chi connectivity index (χ0) is 13.6. The van der Waals surface area contributed by atoms with Crippen molar-refractivity contribution in [3.8, 4) is 0 Å². The monoisotopic (exact) mass is 276 g/mol. The Kier molecular flexibility index (Phi) is 6.08. The third kappa shape index (κ3) is 5.24. The van der Waals surface area contributed by atoms with Crippen molar-refractivity contribution in [3.63, 3.8) is 0 Å². The molecule has 18 heavy (non-hydrogen) atoms. The zero-order valence-electron chi connectivity index (χ0n) is 12.0. The highest BCUT2D eigenvalue weighted by Gasteiger charge is 2.27. The Balaban J connectivity index is 2.11. The van der Waals surface area contributed by atoms with Crippen molar-refractivity contribution in [1.82, 2.24) is 10.0 Å². The topological polar surface area (TPSA) is 58.2 Å². The van der Waals surface area contributed by atoms with Gasteiger partial charge in [-0.2, -0.15) is 0 Å². The molecule has 1 aliphatic carbocycles. The zero-order valence-corrected chi connectivity index (χ0v) is 12.8. The quantitative estimate of drug-likeness (QED) is 0.730. The summed E-state index contributed by atoms with van der Waals surface area (Å²) in [5.74, 6) is 0. The Labute approximate surface area is 112 Å². The second kappa shape index (κ2) is 6.87. The molecule has 0 heterocycles. The van der Waals surface area contributed by atoms with Crippen LogP contribution in [0.2, 0.25) is 0 Å². The van der Waals surface area contributed by atoms with Gasteiger partial charge in [0.25, 0.3) is 0 Å². The summed E-state index contributed by atoms with van der Waals surface area (Å²) < 4.78 is 25.5. The second-order valence-electron chi connectivity index (χ2n) is 6.15. The van der Waals surface area contributed by atoms with Gasteiger partial charge in [0.15, 0.2) is 0 Å². The lowest BCUT2D eigenvalue weighted by Gasteiger charge is -2.23. The number of nitrogens with one attached hydrogen (secondary N) is 2. The van der Waals surface area contributed by atoms with Crippen LogP contribution < -0.4 is 10.0 Å². The first-order valence-corrected chi connectivity index (χ1v) is 8.54. The molecule has 108 valence electrons. The van der Waals surface area contributed by atoms with E-state index in [2.05, 4.69) is 10.0 Å². The summed E-state index contributed by atoms with van der Waals surface area (Å²) in [6, 6.07) is 0.651. The number of sulfonamides is 1. The Morgan fingerprint density at radius 2 is 1.67 bits per heavy atom. The first kappa shape index (κ1) is 15.9. The third-order valence-electron chi connectivity index (χ3n) is 3.49. The van der Waals surface area contributed by atoms with Gasteiger partial charge in [0.2, 0.25) is 10.0 Å². The predicted molar refractivity (Wildman–Crippen MR) is 76.2 cm³/mol. The van der Waals surface area contributed by atoms with Gasteiger partial charge in [-0.05, 0) is 46.6 Å². The van der Waals surface area contributed by atoms with E-state index >= 15 is 0 Å². The molecule has 0 saturated heterocycles. The van der Waals surface area contributed by atoms with Gasteiger partial charge in [-0.25, -0.2) is 13.1 Å². The van der Waals surface area contributed by atoms with Gasteiger partial charge in [-0.1, -0.05) is 19.3 Å². The van der Waals surface area contributed by atoms with Crippen molar-refractivity contribution in [2.75, 3.05) is 13.1 Å². The summed E-state index contributed by atoms with van der Waals surface area (Å²) in [7, 11) is -3.18. The van der Waals surface area contributed by atoms with Crippen LogP contribution in [0.4, 0.5) is 0 Å². The molecule has 0 bridgehead atoms. The predicted octanol–water partition coefficient (Wildman–Crippen LogP) is 2.02. The van der Waals surface area contributed by atoms with Crippen molar-refractivity contribution >= 4 is 10.0 Å². The molecule has 1 fully saturated rings. The number of hydrogen-bond donors (Lipinski definition) is 2. The fourth-order valence-corrected chi connectivity index (χ4v) is 2.97. The average Bonchev–Trinajstić information content (AvgIpc) is 2.28. The summed E-state index contributed by atoms with van der Waals surface area (Å²) in [6.45, 7) is 6.58. The standard InChI is InChI=1S/C13H28N2O2S/c1-13(2,3)18(16,17)15-11-7-10-14-12-8-5-4-6-9-12/h12,14-15H,4-11H2,1-3H3. The lowest BCUT2D eigenvalue weighted by molar-refractivity contribution is 0.372. The molecule has 0 aliphatic heterocycles. The van der Waals surface area contributed by atoms with Gasteiger partial charge >= 0.3 is 0 Å². The fourth-order valence-electron chi connectivity index (χ4n) is 2.12. The summed E-state index contributed by atoms with van der Waals surface area (Å²) in [5, 5.41) is 3.51. The summed E-state index contributed by atoms with van der Waals surface area (Å²) in [5.41, 5.74) is 0. The van der Waals surface area contributed by atoms with E-state index in [0.717, 1.165) is 13.0 Å². The van der Waals surface area contributed by atoms with E-state index in [1.165, 1.54) is 32.1 Å². The van der Waals surface area contributed by atoms with Crippen LogP contribution in [-0.4, -0.2) is 32.3 Å². The minimum absolute atomic E-state index is 0.527. The van der Waals surface area contributed by atoms with Crippen LogP contribution in [0, 0.1) is 0 Å². The highest BCUT2D eigenvalue weighted by Crippen LogP contribution is 2.17. The molecule has 0 spiro atoms. The molecule has 1 saturated carbocycles. The van der Waals surface area contributed by atoms with Gasteiger partial charge < -0.3 is 5.32 Å². The highest BCUT2D eigenvalue weighted by atomic mass is 32.2. The van der Waals surface area contributed by atoms with Crippen LogP contribution >= 0.6 is 0 Å².